The topological polar surface area (TPSA) is 59.1 Å². The van der Waals surface area contributed by atoms with Gasteiger partial charge >= 0.3 is 0 Å². The minimum absolute atomic E-state index is 0.00616. The molecule has 3 N–H and O–H groups in total. The van der Waals surface area contributed by atoms with Gasteiger partial charge in [0.25, 0.3) is 0 Å². The van der Waals surface area contributed by atoms with Crippen LogP contribution in [0.25, 0.3) is 10.9 Å². The lowest BCUT2D eigenvalue weighted by Gasteiger charge is -2.04. The van der Waals surface area contributed by atoms with Crippen LogP contribution in [0.15, 0.2) is 30.5 Å². The van der Waals surface area contributed by atoms with Gasteiger partial charge in [-0.1, -0.05) is 6.07 Å². The first-order valence-electron chi connectivity index (χ1n) is 4.06. The molecular formula is C10H10N2O. The summed E-state index contributed by atoms with van der Waals surface area (Å²) < 4.78 is 0. The van der Waals surface area contributed by atoms with Gasteiger partial charge in [-0.25, -0.2) is 0 Å². The van der Waals surface area contributed by atoms with Crippen molar-refractivity contribution in [3.63, 3.8) is 0 Å². The van der Waals surface area contributed by atoms with Crippen LogP contribution in [0.1, 0.15) is 5.56 Å². The third kappa shape index (κ3) is 1.23. The van der Waals surface area contributed by atoms with E-state index in [4.69, 9.17) is 10.8 Å². The Hall–Kier alpha value is -1.61. The molecule has 0 radical (unpaired) electrons. The Balaban J connectivity index is 2.84. The van der Waals surface area contributed by atoms with E-state index in [9.17, 15) is 0 Å². The molecule has 1 aromatic carbocycles. The summed E-state index contributed by atoms with van der Waals surface area (Å²) in [7, 11) is 0. The van der Waals surface area contributed by atoms with Crippen molar-refractivity contribution in [2.24, 2.45) is 0 Å². The Morgan fingerprint density at radius 2 is 2.15 bits per heavy atom. The quantitative estimate of drug-likeness (QED) is 0.641. The van der Waals surface area contributed by atoms with Crippen LogP contribution in [-0.2, 0) is 6.61 Å². The zero-order valence-electron chi connectivity index (χ0n) is 7.07. The SMILES string of the molecule is Nc1ccc(CO)c2ncccc12. The molecule has 0 aliphatic rings. The van der Waals surface area contributed by atoms with Crippen molar-refractivity contribution in [3.05, 3.63) is 36.0 Å². The van der Waals surface area contributed by atoms with Crippen molar-refractivity contribution in [2.45, 2.75) is 6.61 Å². The maximum absolute atomic E-state index is 9.05. The molecule has 2 aromatic rings. The molecule has 0 atom stereocenters. The molecule has 3 nitrogen and oxygen atoms in total. The molecular weight excluding hydrogens is 164 g/mol. The van der Waals surface area contributed by atoms with Gasteiger partial charge < -0.3 is 10.8 Å². The summed E-state index contributed by atoms with van der Waals surface area (Å²) in [6.07, 6.45) is 1.70. The number of nitrogen functional groups attached to an aromatic ring is 1. The van der Waals surface area contributed by atoms with Crippen LogP contribution < -0.4 is 5.73 Å². The van der Waals surface area contributed by atoms with E-state index in [1.54, 1.807) is 18.3 Å². The molecule has 0 spiro atoms. The number of nitrogens with zero attached hydrogens (tertiary/aromatic N) is 1. The number of fused-ring (bicyclic) bond motifs is 1. The average molecular weight is 174 g/mol. The molecule has 2 rings (SSSR count). The van der Waals surface area contributed by atoms with Crippen LogP contribution in [0.5, 0.6) is 0 Å². The molecule has 0 fully saturated rings. The fraction of sp³-hybridized carbons (Fsp3) is 0.100. The molecule has 0 amide bonds. The summed E-state index contributed by atoms with van der Waals surface area (Å²) in [6, 6.07) is 7.32. The number of anilines is 1. The number of aliphatic hydroxyl groups is 1. The summed E-state index contributed by atoms with van der Waals surface area (Å²) in [6.45, 7) is -0.00616. The van der Waals surface area contributed by atoms with Crippen LogP contribution >= 0.6 is 0 Å². The Morgan fingerprint density at radius 3 is 2.92 bits per heavy atom. The number of hydrogen-bond acceptors (Lipinski definition) is 3. The molecule has 1 heterocycles. The van der Waals surface area contributed by atoms with Crippen molar-refractivity contribution in [1.29, 1.82) is 0 Å². The summed E-state index contributed by atoms with van der Waals surface area (Å²) in [5.74, 6) is 0. The van der Waals surface area contributed by atoms with Crippen LogP contribution in [0.3, 0.4) is 0 Å². The van der Waals surface area contributed by atoms with Crippen molar-refractivity contribution >= 4 is 16.6 Å². The minimum atomic E-state index is -0.00616. The zero-order chi connectivity index (χ0) is 9.26. The second-order valence-corrected chi connectivity index (χ2v) is 2.87. The standard InChI is InChI=1S/C10H10N2O/c11-9-4-3-7(6-13)10-8(9)2-1-5-12-10/h1-5,13H,6,11H2. The van der Waals surface area contributed by atoms with Gasteiger partial charge in [0.15, 0.2) is 0 Å². The summed E-state index contributed by atoms with van der Waals surface area (Å²) in [5, 5.41) is 9.94. The molecule has 3 heteroatoms. The molecule has 0 saturated heterocycles. The number of aliphatic hydroxyl groups excluding tert-OH is 1. The second-order valence-electron chi connectivity index (χ2n) is 2.87. The van der Waals surface area contributed by atoms with Crippen LogP contribution in [0, 0.1) is 0 Å². The Kier molecular flexibility index (Phi) is 1.87. The first-order chi connectivity index (χ1) is 6.33. The third-order valence-corrected chi connectivity index (χ3v) is 2.06. The highest BCUT2D eigenvalue weighted by atomic mass is 16.3. The Morgan fingerprint density at radius 1 is 1.31 bits per heavy atom. The number of benzene rings is 1. The van der Waals surface area contributed by atoms with E-state index in [1.165, 1.54) is 0 Å². The van der Waals surface area contributed by atoms with Gasteiger partial charge in [0.1, 0.15) is 0 Å². The zero-order valence-corrected chi connectivity index (χ0v) is 7.07. The summed E-state index contributed by atoms with van der Waals surface area (Å²) in [4.78, 5) is 4.17. The fourth-order valence-electron chi connectivity index (χ4n) is 1.38. The highest BCUT2D eigenvalue weighted by Crippen LogP contribution is 2.22. The van der Waals surface area contributed by atoms with Crippen molar-refractivity contribution in [1.82, 2.24) is 4.98 Å². The maximum atomic E-state index is 9.05. The number of nitrogens with two attached hydrogens (primary N) is 1. The van der Waals surface area contributed by atoms with E-state index in [0.29, 0.717) is 5.69 Å². The van der Waals surface area contributed by atoms with E-state index in [0.717, 1.165) is 16.5 Å². The Labute approximate surface area is 75.8 Å². The smallest absolute Gasteiger partial charge is 0.0777 e. The van der Waals surface area contributed by atoms with Gasteiger partial charge in [-0.05, 0) is 18.2 Å². The first-order valence-corrected chi connectivity index (χ1v) is 4.06. The van der Waals surface area contributed by atoms with E-state index in [-0.39, 0.29) is 6.61 Å². The lowest BCUT2D eigenvalue weighted by molar-refractivity contribution is 0.283. The van der Waals surface area contributed by atoms with Gasteiger partial charge in [-0.2, -0.15) is 0 Å². The predicted octanol–water partition coefficient (Wildman–Crippen LogP) is 1.31. The molecule has 13 heavy (non-hydrogen) atoms. The van der Waals surface area contributed by atoms with Crippen molar-refractivity contribution in [3.8, 4) is 0 Å². The predicted molar refractivity (Wildman–Crippen MR) is 52.1 cm³/mol. The number of hydrogen-bond donors (Lipinski definition) is 2. The maximum Gasteiger partial charge on any atom is 0.0777 e. The molecule has 0 unspecified atom stereocenters. The minimum Gasteiger partial charge on any atom is -0.398 e. The highest BCUT2D eigenvalue weighted by molar-refractivity contribution is 5.92. The van der Waals surface area contributed by atoms with Gasteiger partial charge in [0.05, 0.1) is 12.1 Å². The number of aromatic nitrogens is 1. The van der Waals surface area contributed by atoms with E-state index in [2.05, 4.69) is 4.98 Å². The summed E-state index contributed by atoms with van der Waals surface area (Å²) >= 11 is 0. The van der Waals surface area contributed by atoms with E-state index < -0.39 is 0 Å². The first kappa shape index (κ1) is 8.01. The van der Waals surface area contributed by atoms with E-state index in [1.807, 2.05) is 12.1 Å². The molecule has 0 saturated carbocycles. The molecule has 0 aliphatic heterocycles. The lowest BCUT2D eigenvalue weighted by atomic mass is 10.1. The summed E-state index contributed by atoms with van der Waals surface area (Å²) in [5.41, 5.74) is 8.05. The molecule has 0 aliphatic carbocycles. The lowest BCUT2D eigenvalue weighted by Crippen LogP contribution is -1.93. The number of pyridine rings is 1. The molecule has 1 aromatic heterocycles. The average Bonchev–Trinajstić information content (AvgIpc) is 2.19. The van der Waals surface area contributed by atoms with Gasteiger partial charge in [-0.15, -0.1) is 0 Å². The second kappa shape index (κ2) is 3.03. The van der Waals surface area contributed by atoms with Crippen molar-refractivity contribution in [2.75, 3.05) is 5.73 Å². The van der Waals surface area contributed by atoms with Gasteiger partial charge in [0, 0.05) is 22.8 Å². The fourth-order valence-corrected chi connectivity index (χ4v) is 1.38. The van der Waals surface area contributed by atoms with Crippen LogP contribution in [0.4, 0.5) is 5.69 Å². The normalized spacial score (nSPS) is 10.5. The Bertz CT molecular complexity index is 440. The third-order valence-electron chi connectivity index (χ3n) is 2.06. The largest absolute Gasteiger partial charge is 0.398 e. The van der Waals surface area contributed by atoms with Gasteiger partial charge in [0.2, 0.25) is 0 Å². The number of rotatable bonds is 1. The molecule has 66 valence electrons. The van der Waals surface area contributed by atoms with Crippen molar-refractivity contribution < 1.29 is 5.11 Å². The van der Waals surface area contributed by atoms with E-state index >= 15 is 0 Å². The monoisotopic (exact) mass is 174 g/mol. The molecule has 0 bridgehead atoms. The van der Waals surface area contributed by atoms with Gasteiger partial charge in [-0.3, -0.25) is 4.98 Å². The van der Waals surface area contributed by atoms with Crippen LogP contribution in [-0.4, -0.2) is 10.1 Å². The highest BCUT2D eigenvalue weighted by Gasteiger charge is 2.02. The van der Waals surface area contributed by atoms with Crippen LogP contribution in [0.2, 0.25) is 0 Å².